The van der Waals surface area contributed by atoms with Gasteiger partial charge in [0, 0.05) is 12.1 Å². The lowest BCUT2D eigenvalue weighted by atomic mass is 10.0. The second-order valence-corrected chi connectivity index (χ2v) is 13.3. The van der Waals surface area contributed by atoms with E-state index in [-0.39, 0.29) is 22.6 Å². The van der Waals surface area contributed by atoms with Crippen molar-refractivity contribution in [1.29, 1.82) is 0 Å². The van der Waals surface area contributed by atoms with E-state index in [4.69, 9.17) is 33.3 Å². The summed E-state index contributed by atoms with van der Waals surface area (Å²) < 4.78 is 91.9. The van der Waals surface area contributed by atoms with E-state index in [0.29, 0.717) is 0 Å². The van der Waals surface area contributed by atoms with Crippen LogP contribution in [0.4, 0.5) is 14.6 Å². The number of phosphoric acid groups is 2. The second-order valence-electron chi connectivity index (χ2n) is 10.5. The van der Waals surface area contributed by atoms with E-state index in [1.165, 1.54) is 6.92 Å². The van der Waals surface area contributed by atoms with Crippen molar-refractivity contribution in [2.24, 2.45) is 5.92 Å². The molecular formula is C22H24F2N8O11P2. The molecule has 0 aromatic carbocycles. The average molecular weight is 676 g/mol. The van der Waals surface area contributed by atoms with Crippen LogP contribution in [0.3, 0.4) is 0 Å². The fourth-order valence-electron chi connectivity index (χ4n) is 5.60. The summed E-state index contributed by atoms with van der Waals surface area (Å²) in [4.78, 5) is 51.7. The average Bonchev–Trinajstić information content (AvgIpc) is 3.71. The van der Waals surface area contributed by atoms with Crippen molar-refractivity contribution < 1.29 is 55.3 Å². The molecule has 242 valence electrons. The van der Waals surface area contributed by atoms with Gasteiger partial charge in [-0.3, -0.25) is 27.5 Å². The maximum Gasteiger partial charge on any atom is 0.472 e. The Bertz CT molecular complexity index is 1940. The van der Waals surface area contributed by atoms with E-state index < -0.39 is 94.6 Å². The summed E-state index contributed by atoms with van der Waals surface area (Å²) in [6.07, 6.45) is -6.85. The first-order valence-corrected chi connectivity index (χ1v) is 16.3. The highest BCUT2D eigenvalue weighted by atomic mass is 31.2. The van der Waals surface area contributed by atoms with Gasteiger partial charge >= 0.3 is 15.6 Å². The zero-order chi connectivity index (χ0) is 31.8. The molecule has 45 heavy (non-hydrogen) atoms. The highest BCUT2D eigenvalue weighted by molar-refractivity contribution is 7.47. The van der Waals surface area contributed by atoms with Crippen LogP contribution in [-0.2, 0) is 36.7 Å². The van der Waals surface area contributed by atoms with Gasteiger partial charge in [-0.25, -0.2) is 37.8 Å². The van der Waals surface area contributed by atoms with Crippen LogP contribution in [0.15, 0.2) is 30.0 Å². The summed E-state index contributed by atoms with van der Waals surface area (Å²) in [5.41, 5.74) is 5.06. The van der Waals surface area contributed by atoms with Gasteiger partial charge in [0.2, 0.25) is 0 Å². The molecule has 4 aromatic heterocycles. The number of imidazole rings is 1. The molecule has 19 nitrogen and oxygen atoms in total. The molecule has 3 aliphatic heterocycles. The third kappa shape index (κ3) is 5.28. The largest absolute Gasteiger partial charge is 0.472 e. The summed E-state index contributed by atoms with van der Waals surface area (Å²) >= 11 is 0. The number of aromatic amines is 1. The predicted octanol–water partition coefficient (Wildman–Crippen LogP) is 1.07. The van der Waals surface area contributed by atoms with Crippen LogP contribution in [0.2, 0.25) is 0 Å². The minimum absolute atomic E-state index is 0.00327. The lowest BCUT2D eigenvalue weighted by Gasteiger charge is -2.26. The maximum atomic E-state index is 15.9. The fraction of sp³-hybridized carbons (Fsp3) is 0.500. The van der Waals surface area contributed by atoms with Crippen molar-refractivity contribution in [3.05, 3.63) is 41.3 Å². The molecule has 4 aromatic rings. The van der Waals surface area contributed by atoms with Crippen molar-refractivity contribution in [2.45, 2.75) is 50.0 Å². The topological polar surface area (TPSA) is 250 Å². The molecule has 10 atom stereocenters. The number of hydrogen-bond acceptors (Lipinski definition) is 14. The molecule has 5 N–H and O–H groups in total. The van der Waals surface area contributed by atoms with Crippen LogP contribution in [0.5, 0.6) is 0 Å². The van der Waals surface area contributed by atoms with Gasteiger partial charge in [-0.05, 0) is 0 Å². The monoisotopic (exact) mass is 676 g/mol. The number of fused-ring (bicyclic) bond motifs is 5. The number of halogens is 2. The zero-order valence-corrected chi connectivity index (χ0v) is 24.6. The second kappa shape index (κ2) is 10.9. The SMILES string of the molecule is C[C@H]1[C@H]2OP(=O)(O)OC[C@H]3O[C@@H](n4cnc5c(N)ncnc54)[C@H](F)[C@@H]3OP(=O)(O)OC[C@H]1O[C@H]2n1cc(F)c2c(=O)[nH]cnc21. The third-order valence-corrected chi connectivity index (χ3v) is 9.76. The van der Waals surface area contributed by atoms with Crippen molar-refractivity contribution >= 4 is 43.7 Å². The molecule has 2 unspecified atom stereocenters. The van der Waals surface area contributed by atoms with Gasteiger partial charge in [0.15, 0.2) is 41.6 Å². The van der Waals surface area contributed by atoms with E-state index in [9.17, 15) is 28.1 Å². The molecule has 3 aliphatic rings. The number of nitrogens with one attached hydrogen (secondary N) is 1. The number of nitrogen functional groups attached to an aromatic ring is 1. The minimum atomic E-state index is -5.07. The molecule has 23 heteroatoms. The van der Waals surface area contributed by atoms with E-state index in [2.05, 4.69) is 24.9 Å². The Kier molecular flexibility index (Phi) is 7.40. The lowest BCUT2D eigenvalue weighted by Crippen LogP contribution is -2.34. The molecule has 7 heterocycles. The number of aromatic nitrogens is 7. The molecule has 2 bridgehead atoms. The molecular weight excluding hydrogens is 652 g/mol. The van der Waals surface area contributed by atoms with Crippen LogP contribution in [0, 0.1) is 11.7 Å². The Morgan fingerprint density at radius 1 is 0.978 bits per heavy atom. The van der Waals surface area contributed by atoms with E-state index in [1.54, 1.807) is 0 Å². The van der Waals surface area contributed by atoms with Crippen molar-refractivity contribution in [1.82, 2.24) is 34.1 Å². The number of alkyl halides is 1. The zero-order valence-electron chi connectivity index (χ0n) is 22.8. The first kappa shape index (κ1) is 30.4. The molecule has 0 radical (unpaired) electrons. The minimum Gasteiger partial charge on any atom is -0.382 e. The van der Waals surface area contributed by atoms with Crippen molar-refractivity contribution in [3.63, 3.8) is 0 Å². The lowest BCUT2D eigenvalue weighted by molar-refractivity contribution is -0.0668. The Hall–Kier alpha value is -3.23. The summed E-state index contributed by atoms with van der Waals surface area (Å²) in [7, 11) is -10.1. The Labute approximate surface area is 249 Å². The van der Waals surface area contributed by atoms with Crippen molar-refractivity contribution in [3.8, 4) is 0 Å². The number of nitrogens with zero attached hydrogens (tertiary/aromatic N) is 6. The third-order valence-electron chi connectivity index (χ3n) is 7.78. The first-order valence-electron chi connectivity index (χ1n) is 13.3. The normalized spacial score (nSPS) is 37.7. The molecule has 0 spiro atoms. The standard InChI is InChI=1S/C22H24F2N8O11P2/c1-8-10-3-38-45(36,37)43-16-11(41-21(13(16)24)32-7-30-14-17(25)26-5-28-19(14)32)4-39-44(34,35)42-15(8)22(40-10)31-2-9(23)12-18(31)27-6-29-20(12)33/h2,5-8,10-11,13,15-16,21-22H,3-4H2,1H3,(H,34,35)(H,36,37)(H2,25,26,28)(H,27,29,33)/t8-,10-,11-,13-,15-,16-,21-,22-/m1/s1. The van der Waals surface area contributed by atoms with Gasteiger partial charge in [-0.2, -0.15) is 0 Å². The Balaban J connectivity index is 1.21. The number of ether oxygens (including phenoxy) is 2. The van der Waals surface area contributed by atoms with Crippen LogP contribution < -0.4 is 11.3 Å². The fourth-order valence-corrected chi connectivity index (χ4v) is 7.55. The molecule has 0 saturated carbocycles. The Morgan fingerprint density at radius 3 is 2.42 bits per heavy atom. The first-order chi connectivity index (χ1) is 21.3. The van der Waals surface area contributed by atoms with E-state index >= 15 is 4.39 Å². The van der Waals surface area contributed by atoms with Gasteiger partial charge in [-0.1, -0.05) is 6.92 Å². The number of rotatable bonds is 2. The highest BCUT2D eigenvalue weighted by Crippen LogP contribution is 2.55. The van der Waals surface area contributed by atoms with E-state index in [0.717, 1.165) is 34.3 Å². The molecule has 0 aliphatic carbocycles. The summed E-state index contributed by atoms with van der Waals surface area (Å²) in [5.74, 6) is -1.82. The molecule has 0 amide bonds. The molecule has 3 saturated heterocycles. The van der Waals surface area contributed by atoms with Crippen LogP contribution in [-0.4, -0.2) is 87.6 Å². The van der Waals surface area contributed by atoms with E-state index in [1.807, 2.05) is 0 Å². The number of phosphoric ester groups is 2. The van der Waals surface area contributed by atoms with Gasteiger partial charge in [0.05, 0.1) is 32.0 Å². The summed E-state index contributed by atoms with van der Waals surface area (Å²) in [6, 6.07) is 0. The van der Waals surface area contributed by atoms with Crippen LogP contribution in [0.25, 0.3) is 22.2 Å². The quantitative estimate of drug-likeness (QED) is 0.217. The molecule has 3 fully saturated rings. The summed E-state index contributed by atoms with van der Waals surface area (Å²) in [6.45, 7) is -0.0126. The smallest absolute Gasteiger partial charge is 0.382 e. The summed E-state index contributed by atoms with van der Waals surface area (Å²) in [5, 5.41) is -0.405. The Morgan fingerprint density at radius 2 is 1.67 bits per heavy atom. The number of nitrogens with two attached hydrogens (primary N) is 1. The van der Waals surface area contributed by atoms with Gasteiger partial charge < -0.3 is 34.5 Å². The van der Waals surface area contributed by atoms with Gasteiger partial charge in [0.1, 0.15) is 35.5 Å². The number of hydrogen-bond donors (Lipinski definition) is 4. The van der Waals surface area contributed by atoms with Gasteiger partial charge in [0.25, 0.3) is 5.56 Å². The van der Waals surface area contributed by atoms with Crippen LogP contribution >= 0.6 is 15.6 Å². The molecule has 7 rings (SSSR count). The van der Waals surface area contributed by atoms with Crippen molar-refractivity contribution in [2.75, 3.05) is 18.9 Å². The number of H-pyrrole nitrogens is 1. The van der Waals surface area contributed by atoms with Crippen LogP contribution in [0.1, 0.15) is 19.4 Å². The number of anilines is 1. The predicted molar refractivity (Wildman–Crippen MR) is 143 cm³/mol. The van der Waals surface area contributed by atoms with Gasteiger partial charge in [-0.15, -0.1) is 0 Å². The highest BCUT2D eigenvalue weighted by Gasteiger charge is 2.54. The maximum absolute atomic E-state index is 15.9.